The third-order valence-electron chi connectivity index (χ3n) is 2.98. The van der Waals surface area contributed by atoms with E-state index in [0.717, 1.165) is 16.8 Å². The first kappa shape index (κ1) is 14.2. The van der Waals surface area contributed by atoms with Gasteiger partial charge in [0.25, 0.3) is 0 Å². The molecule has 0 aliphatic heterocycles. The minimum Gasteiger partial charge on any atom is -0.504 e. The van der Waals surface area contributed by atoms with E-state index in [9.17, 15) is 5.11 Å². The number of nitrogens with one attached hydrogen (secondary N) is 1. The van der Waals surface area contributed by atoms with Crippen LogP contribution in [0.25, 0.3) is 0 Å². The van der Waals surface area contributed by atoms with Crippen LogP contribution in [-0.4, -0.2) is 19.3 Å². The summed E-state index contributed by atoms with van der Waals surface area (Å²) >= 11 is 0. The molecular weight excluding hydrogens is 254 g/mol. The summed E-state index contributed by atoms with van der Waals surface area (Å²) in [6.45, 7) is 1.23. The molecule has 0 amide bonds. The van der Waals surface area contributed by atoms with Gasteiger partial charge >= 0.3 is 0 Å². The van der Waals surface area contributed by atoms with Crippen molar-refractivity contribution in [1.29, 1.82) is 0 Å². The zero-order chi connectivity index (χ0) is 14.4. The largest absolute Gasteiger partial charge is 0.504 e. The molecule has 0 radical (unpaired) electrons. The second-order valence-corrected chi connectivity index (χ2v) is 4.49. The van der Waals surface area contributed by atoms with E-state index < -0.39 is 0 Å². The molecule has 4 nitrogen and oxygen atoms in total. The van der Waals surface area contributed by atoms with Crippen LogP contribution in [0, 0.1) is 0 Å². The second-order valence-electron chi connectivity index (χ2n) is 4.49. The third kappa shape index (κ3) is 3.65. The van der Waals surface area contributed by atoms with Gasteiger partial charge in [0, 0.05) is 19.3 Å². The van der Waals surface area contributed by atoms with Gasteiger partial charge in [-0.15, -0.1) is 0 Å². The van der Waals surface area contributed by atoms with Crippen molar-refractivity contribution in [1.82, 2.24) is 0 Å². The highest BCUT2D eigenvalue weighted by Crippen LogP contribution is 2.26. The minimum atomic E-state index is 0.153. The third-order valence-corrected chi connectivity index (χ3v) is 2.98. The molecule has 0 aliphatic rings. The van der Waals surface area contributed by atoms with Gasteiger partial charge in [0.1, 0.15) is 0 Å². The fourth-order valence-corrected chi connectivity index (χ4v) is 1.99. The SMILES string of the molecule is COCc1cccc(NCc2ccc(OC)c(O)c2)c1. The van der Waals surface area contributed by atoms with Gasteiger partial charge in [-0.1, -0.05) is 18.2 Å². The summed E-state index contributed by atoms with van der Waals surface area (Å²) in [6.07, 6.45) is 0. The molecule has 0 saturated carbocycles. The van der Waals surface area contributed by atoms with Crippen LogP contribution >= 0.6 is 0 Å². The van der Waals surface area contributed by atoms with E-state index in [4.69, 9.17) is 9.47 Å². The highest BCUT2D eigenvalue weighted by molar-refractivity contribution is 5.47. The fraction of sp³-hybridized carbons (Fsp3) is 0.250. The lowest BCUT2D eigenvalue weighted by Crippen LogP contribution is -2.00. The Hall–Kier alpha value is -2.20. The number of aromatic hydroxyl groups is 1. The molecule has 0 aliphatic carbocycles. The summed E-state index contributed by atoms with van der Waals surface area (Å²) in [5, 5.41) is 13.1. The number of hydrogen-bond acceptors (Lipinski definition) is 4. The fourth-order valence-electron chi connectivity index (χ4n) is 1.99. The van der Waals surface area contributed by atoms with Crippen LogP contribution in [0.15, 0.2) is 42.5 Å². The highest BCUT2D eigenvalue weighted by Gasteiger charge is 2.02. The van der Waals surface area contributed by atoms with E-state index in [-0.39, 0.29) is 5.75 Å². The van der Waals surface area contributed by atoms with Crippen molar-refractivity contribution in [2.24, 2.45) is 0 Å². The van der Waals surface area contributed by atoms with E-state index >= 15 is 0 Å². The molecule has 0 heterocycles. The van der Waals surface area contributed by atoms with Crippen LogP contribution in [0.2, 0.25) is 0 Å². The lowest BCUT2D eigenvalue weighted by atomic mass is 10.1. The lowest BCUT2D eigenvalue weighted by Gasteiger charge is -2.10. The Morgan fingerprint density at radius 3 is 2.60 bits per heavy atom. The zero-order valence-corrected chi connectivity index (χ0v) is 11.7. The quantitative estimate of drug-likeness (QED) is 0.849. The first-order valence-corrected chi connectivity index (χ1v) is 6.40. The Morgan fingerprint density at radius 1 is 1.05 bits per heavy atom. The summed E-state index contributed by atoms with van der Waals surface area (Å²) in [7, 11) is 3.22. The van der Waals surface area contributed by atoms with Crippen LogP contribution in [0.1, 0.15) is 11.1 Å². The van der Waals surface area contributed by atoms with E-state index in [0.29, 0.717) is 18.9 Å². The Morgan fingerprint density at radius 2 is 1.90 bits per heavy atom. The molecule has 4 heteroatoms. The summed E-state index contributed by atoms with van der Waals surface area (Å²) in [6, 6.07) is 13.4. The standard InChI is InChI=1S/C16H19NO3/c1-19-11-13-4-3-5-14(8-13)17-10-12-6-7-16(20-2)15(18)9-12/h3-9,17-18H,10-11H2,1-2H3. The summed E-state index contributed by atoms with van der Waals surface area (Å²) < 4.78 is 10.1. The van der Waals surface area contributed by atoms with Crippen LogP contribution in [-0.2, 0) is 17.9 Å². The van der Waals surface area contributed by atoms with Crippen molar-refractivity contribution in [3.05, 3.63) is 53.6 Å². The average molecular weight is 273 g/mol. The average Bonchev–Trinajstić information content (AvgIpc) is 2.46. The van der Waals surface area contributed by atoms with E-state index in [1.165, 1.54) is 7.11 Å². The zero-order valence-electron chi connectivity index (χ0n) is 11.7. The molecule has 0 bridgehead atoms. The van der Waals surface area contributed by atoms with Gasteiger partial charge in [0.15, 0.2) is 11.5 Å². The molecule has 0 atom stereocenters. The summed E-state index contributed by atoms with van der Waals surface area (Å²) in [4.78, 5) is 0. The van der Waals surface area contributed by atoms with Crippen LogP contribution < -0.4 is 10.1 Å². The van der Waals surface area contributed by atoms with Crippen molar-refractivity contribution < 1.29 is 14.6 Å². The Balaban J connectivity index is 2.01. The Kier molecular flexibility index (Phi) is 4.85. The van der Waals surface area contributed by atoms with Crippen molar-refractivity contribution in [2.75, 3.05) is 19.5 Å². The summed E-state index contributed by atoms with van der Waals surface area (Å²) in [5.74, 6) is 0.635. The monoisotopic (exact) mass is 273 g/mol. The number of ether oxygens (including phenoxy) is 2. The maximum atomic E-state index is 9.73. The number of phenols is 1. The molecule has 106 valence electrons. The van der Waals surface area contributed by atoms with Gasteiger partial charge in [-0.25, -0.2) is 0 Å². The number of anilines is 1. The van der Waals surface area contributed by atoms with Crippen LogP contribution in [0.4, 0.5) is 5.69 Å². The molecule has 20 heavy (non-hydrogen) atoms. The predicted octanol–water partition coefficient (Wildman–Crippen LogP) is 3.16. The minimum absolute atomic E-state index is 0.153. The molecule has 2 aromatic rings. The van der Waals surface area contributed by atoms with Gasteiger partial charge < -0.3 is 19.9 Å². The first-order valence-electron chi connectivity index (χ1n) is 6.40. The molecule has 0 unspecified atom stereocenters. The number of phenolic OH excluding ortho intramolecular Hbond substituents is 1. The van der Waals surface area contributed by atoms with Gasteiger partial charge in [-0.3, -0.25) is 0 Å². The predicted molar refractivity (Wildman–Crippen MR) is 79.1 cm³/mol. The number of rotatable bonds is 6. The van der Waals surface area contributed by atoms with Crippen molar-refractivity contribution in [3.63, 3.8) is 0 Å². The van der Waals surface area contributed by atoms with E-state index in [1.54, 1.807) is 19.2 Å². The number of hydrogen-bond donors (Lipinski definition) is 2. The molecule has 0 fully saturated rings. The van der Waals surface area contributed by atoms with Gasteiger partial charge in [-0.2, -0.15) is 0 Å². The molecule has 0 aromatic heterocycles. The normalized spacial score (nSPS) is 10.3. The maximum absolute atomic E-state index is 9.73. The smallest absolute Gasteiger partial charge is 0.160 e. The van der Waals surface area contributed by atoms with Crippen LogP contribution in [0.5, 0.6) is 11.5 Å². The molecule has 2 aromatic carbocycles. The van der Waals surface area contributed by atoms with E-state index in [2.05, 4.69) is 5.32 Å². The second kappa shape index (κ2) is 6.82. The molecular formula is C16H19NO3. The maximum Gasteiger partial charge on any atom is 0.160 e. The lowest BCUT2D eigenvalue weighted by molar-refractivity contribution is 0.185. The topological polar surface area (TPSA) is 50.7 Å². The first-order chi connectivity index (χ1) is 9.72. The molecule has 2 rings (SSSR count). The van der Waals surface area contributed by atoms with E-state index in [1.807, 2.05) is 30.3 Å². The van der Waals surface area contributed by atoms with Gasteiger partial charge in [-0.05, 0) is 35.4 Å². The number of benzene rings is 2. The van der Waals surface area contributed by atoms with Gasteiger partial charge in [0.2, 0.25) is 0 Å². The Labute approximate surface area is 119 Å². The highest BCUT2D eigenvalue weighted by atomic mass is 16.5. The summed E-state index contributed by atoms with van der Waals surface area (Å²) in [5.41, 5.74) is 3.13. The van der Waals surface area contributed by atoms with Crippen molar-refractivity contribution in [2.45, 2.75) is 13.2 Å². The number of methoxy groups -OCH3 is 2. The molecule has 2 N–H and O–H groups in total. The van der Waals surface area contributed by atoms with Crippen molar-refractivity contribution in [3.8, 4) is 11.5 Å². The molecule has 0 saturated heterocycles. The van der Waals surface area contributed by atoms with Crippen molar-refractivity contribution >= 4 is 5.69 Å². The Bertz CT molecular complexity index is 569. The van der Waals surface area contributed by atoms with Gasteiger partial charge in [0.05, 0.1) is 13.7 Å². The molecule has 0 spiro atoms. The van der Waals surface area contributed by atoms with Crippen LogP contribution in [0.3, 0.4) is 0 Å².